The average Bonchev–Trinajstić information content (AvgIpc) is 3.04. The second-order valence-corrected chi connectivity index (χ2v) is 5.51. The van der Waals surface area contributed by atoms with Gasteiger partial charge in [-0.25, -0.2) is 0 Å². The molecule has 0 aliphatic heterocycles. The van der Waals surface area contributed by atoms with Crippen molar-refractivity contribution in [3.8, 4) is 11.3 Å². The number of hydrogen-bond acceptors (Lipinski definition) is 4. The molecule has 5 nitrogen and oxygen atoms in total. The third-order valence-corrected chi connectivity index (χ3v) is 3.65. The van der Waals surface area contributed by atoms with Crippen molar-refractivity contribution in [2.24, 2.45) is 0 Å². The van der Waals surface area contributed by atoms with Gasteiger partial charge in [0.15, 0.2) is 5.76 Å². The number of methoxy groups -OCH3 is 1. The van der Waals surface area contributed by atoms with E-state index in [1.54, 1.807) is 19.2 Å². The van der Waals surface area contributed by atoms with Crippen LogP contribution in [0, 0.1) is 0 Å². The Labute approximate surface area is 136 Å². The van der Waals surface area contributed by atoms with Crippen LogP contribution in [-0.4, -0.2) is 49.3 Å². The molecule has 0 radical (unpaired) electrons. The van der Waals surface area contributed by atoms with Crippen LogP contribution >= 0.6 is 0 Å². The Balaban J connectivity index is 2.06. The molecule has 0 saturated carbocycles. The maximum atomic E-state index is 12.3. The van der Waals surface area contributed by atoms with Gasteiger partial charge in [-0.2, -0.15) is 0 Å². The van der Waals surface area contributed by atoms with Gasteiger partial charge in [-0.1, -0.05) is 31.2 Å². The maximum absolute atomic E-state index is 12.3. The number of nitrogens with zero attached hydrogens (tertiary/aromatic N) is 1. The Bertz CT molecular complexity index is 633. The molecule has 2 aromatic rings. The minimum absolute atomic E-state index is 0.185. The van der Waals surface area contributed by atoms with Crippen LogP contribution in [0.2, 0.25) is 0 Å². The summed E-state index contributed by atoms with van der Waals surface area (Å²) in [5.41, 5.74) is 2.19. The van der Waals surface area contributed by atoms with Gasteiger partial charge < -0.3 is 19.2 Å². The molecule has 1 aromatic carbocycles. The molecule has 0 aliphatic carbocycles. The Morgan fingerprint density at radius 2 is 1.96 bits per heavy atom. The van der Waals surface area contributed by atoms with Crippen LogP contribution in [0.1, 0.15) is 23.0 Å². The number of furan rings is 1. The van der Waals surface area contributed by atoms with E-state index in [4.69, 9.17) is 9.15 Å². The Morgan fingerprint density at radius 1 is 1.26 bits per heavy atom. The van der Waals surface area contributed by atoms with Gasteiger partial charge in [-0.3, -0.25) is 4.79 Å². The van der Waals surface area contributed by atoms with Crippen molar-refractivity contribution in [2.45, 2.75) is 19.4 Å². The fourth-order valence-corrected chi connectivity index (χ4v) is 2.34. The number of aryl methyl sites for hydroxylation is 1. The van der Waals surface area contributed by atoms with E-state index in [9.17, 15) is 9.90 Å². The van der Waals surface area contributed by atoms with Crippen LogP contribution in [-0.2, 0) is 11.2 Å². The lowest BCUT2D eigenvalue weighted by atomic mass is 10.1. The molecule has 23 heavy (non-hydrogen) atoms. The van der Waals surface area contributed by atoms with Crippen LogP contribution in [0.4, 0.5) is 0 Å². The number of rotatable bonds is 7. The quantitative estimate of drug-likeness (QED) is 0.852. The van der Waals surface area contributed by atoms with Crippen LogP contribution < -0.4 is 0 Å². The van der Waals surface area contributed by atoms with Crippen molar-refractivity contribution in [3.63, 3.8) is 0 Å². The number of aliphatic hydroxyl groups is 1. The molecule has 0 saturated heterocycles. The lowest BCUT2D eigenvalue weighted by Crippen LogP contribution is -2.36. The molecule has 0 aliphatic rings. The lowest BCUT2D eigenvalue weighted by Gasteiger charge is -2.19. The summed E-state index contributed by atoms with van der Waals surface area (Å²) < 4.78 is 10.5. The number of ether oxygens (including phenoxy) is 1. The fourth-order valence-electron chi connectivity index (χ4n) is 2.34. The molecule has 0 fully saturated rings. The maximum Gasteiger partial charge on any atom is 0.289 e. The molecule has 1 heterocycles. The molecule has 1 amide bonds. The van der Waals surface area contributed by atoms with Crippen molar-refractivity contribution in [1.29, 1.82) is 0 Å². The molecule has 5 heteroatoms. The zero-order valence-electron chi connectivity index (χ0n) is 13.8. The summed E-state index contributed by atoms with van der Waals surface area (Å²) in [4.78, 5) is 13.7. The van der Waals surface area contributed by atoms with Gasteiger partial charge in [0.05, 0.1) is 12.7 Å². The lowest BCUT2D eigenvalue weighted by molar-refractivity contribution is 0.0368. The van der Waals surface area contributed by atoms with Gasteiger partial charge in [0.1, 0.15) is 5.76 Å². The van der Waals surface area contributed by atoms with Gasteiger partial charge in [-0.05, 0) is 24.1 Å². The second kappa shape index (κ2) is 7.94. The molecule has 2 rings (SSSR count). The Hall–Kier alpha value is -2.11. The van der Waals surface area contributed by atoms with Crippen LogP contribution in [0.25, 0.3) is 11.3 Å². The summed E-state index contributed by atoms with van der Waals surface area (Å²) in [6.45, 7) is 2.48. The standard InChI is InChI=1S/C18H23NO4/c1-4-13-5-7-14(8-6-13)16-9-10-17(23-16)18(21)19(2)11-15(20)12-22-3/h5-10,15,20H,4,11-12H2,1-3H3. The molecule has 1 N–H and O–H groups in total. The van der Waals surface area contributed by atoms with E-state index < -0.39 is 6.10 Å². The third kappa shape index (κ3) is 4.43. The molecule has 1 unspecified atom stereocenters. The van der Waals surface area contributed by atoms with Gasteiger partial charge >= 0.3 is 0 Å². The van der Waals surface area contributed by atoms with Gasteiger partial charge in [0.25, 0.3) is 5.91 Å². The van der Waals surface area contributed by atoms with E-state index in [1.165, 1.54) is 17.6 Å². The number of amides is 1. The van der Waals surface area contributed by atoms with Gasteiger partial charge in [0.2, 0.25) is 0 Å². The number of likely N-dealkylation sites (N-methyl/N-ethyl adjacent to an activating group) is 1. The van der Waals surface area contributed by atoms with E-state index in [0.29, 0.717) is 5.76 Å². The van der Waals surface area contributed by atoms with Crippen LogP contribution in [0.3, 0.4) is 0 Å². The summed E-state index contributed by atoms with van der Waals surface area (Å²) in [5, 5.41) is 9.70. The van der Waals surface area contributed by atoms with Gasteiger partial charge in [-0.15, -0.1) is 0 Å². The molecule has 0 spiro atoms. The van der Waals surface area contributed by atoms with Crippen molar-refractivity contribution in [1.82, 2.24) is 4.90 Å². The monoisotopic (exact) mass is 317 g/mol. The predicted molar refractivity (Wildman–Crippen MR) is 88.4 cm³/mol. The van der Waals surface area contributed by atoms with Crippen LogP contribution in [0.15, 0.2) is 40.8 Å². The number of carbonyl (C=O) groups excluding carboxylic acids is 1. The highest BCUT2D eigenvalue weighted by molar-refractivity contribution is 5.92. The zero-order valence-corrected chi connectivity index (χ0v) is 13.8. The summed E-state index contributed by atoms with van der Waals surface area (Å²) >= 11 is 0. The summed E-state index contributed by atoms with van der Waals surface area (Å²) in [6.07, 6.45) is 0.265. The Kier molecular flexibility index (Phi) is 5.96. The first-order chi connectivity index (χ1) is 11.0. The number of benzene rings is 1. The number of hydrogen-bond donors (Lipinski definition) is 1. The van der Waals surface area contributed by atoms with Crippen molar-refractivity contribution < 1.29 is 19.1 Å². The van der Waals surface area contributed by atoms with E-state index in [2.05, 4.69) is 6.92 Å². The smallest absolute Gasteiger partial charge is 0.289 e. The highest BCUT2D eigenvalue weighted by Crippen LogP contribution is 2.23. The molecule has 0 bridgehead atoms. The summed E-state index contributed by atoms with van der Waals surface area (Å²) in [5.74, 6) is 0.644. The first-order valence-corrected chi connectivity index (χ1v) is 7.66. The van der Waals surface area contributed by atoms with E-state index in [1.807, 2.05) is 24.3 Å². The first kappa shape index (κ1) is 17.2. The zero-order chi connectivity index (χ0) is 16.8. The summed E-state index contributed by atoms with van der Waals surface area (Å²) in [6, 6.07) is 11.5. The fraction of sp³-hybridized carbons (Fsp3) is 0.389. The molecule has 124 valence electrons. The average molecular weight is 317 g/mol. The molecule has 1 aromatic heterocycles. The molecule has 1 atom stereocenters. The number of carbonyl (C=O) groups is 1. The minimum atomic E-state index is -0.718. The van der Waals surface area contributed by atoms with E-state index >= 15 is 0 Å². The molecular formula is C18H23NO4. The van der Waals surface area contributed by atoms with Crippen molar-refractivity contribution in [2.75, 3.05) is 27.3 Å². The first-order valence-electron chi connectivity index (χ1n) is 7.66. The molecular weight excluding hydrogens is 294 g/mol. The SMILES string of the molecule is CCc1ccc(-c2ccc(C(=O)N(C)CC(O)COC)o2)cc1. The van der Waals surface area contributed by atoms with Crippen molar-refractivity contribution in [3.05, 3.63) is 47.7 Å². The number of aliphatic hydroxyl groups excluding tert-OH is 1. The highest BCUT2D eigenvalue weighted by atomic mass is 16.5. The normalized spacial score (nSPS) is 12.2. The van der Waals surface area contributed by atoms with Crippen LogP contribution in [0.5, 0.6) is 0 Å². The second-order valence-electron chi connectivity index (χ2n) is 5.51. The third-order valence-electron chi connectivity index (χ3n) is 3.65. The highest BCUT2D eigenvalue weighted by Gasteiger charge is 2.19. The van der Waals surface area contributed by atoms with E-state index in [-0.39, 0.29) is 24.8 Å². The van der Waals surface area contributed by atoms with Gasteiger partial charge in [0, 0.05) is 26.3 Å². The van der Waals surface area contributed by atoms with E-state index in [0.717, 1.165) is 12.0 Å². The Morgan fingerprint density at radius 3 is 2.57 bits per heavy atom. The predicted octanol–water partition coefficient (Wildman–Crippen LogP) is 2.59. The topological polar surface area (TPSA) is 62.9 Å². The summed E-state index contributed by atoms with van der Waals surface area (Å²) in [7, 11) is 3.13. The minimum Gasteiger partial charge on any atom is -0.451 e. The van der Waals surface area contributed by atoms with Crippen molar-refractivity contribution >= 4 is 5.91 Å². The largest absolute Gasteiger partial charge is 0.451 e.